The zero-order valence-electron chi connectivity index (χ0n) is 10.1. The molecule has 1 aliphatic rings. The van der Waals surface area contributed by atoms with Crippen LogP contribution in [0.4, 0.5) is 0 Å². The van der Waals surface area contributed by atoms with Crippen molar-refractivity contribution in [1.82, 2.24) is 4.90 Å². The molecule has 2 nitrogen and oxygen atoms in total. The van der Waals surface area contributed by atoms with Crippen LogP contribution < -0.4 is 5.73 Å². The fourth-order valence-corrected chi connectivity index (χ4v) is 2.50. The Labute approximate surface area is 88.8 Å². The predicted octanol–water partition coefficient (Wildman–Crippen LogP) is 2.09. The van der Waals surface area contributed by atoms with Crippen LogP contribution >= 0.6 is 0 Å². The molecule has 0 aromatic carbocycles. The second-order valence-electron chi connectivity index (χ2n) is 5.31. The van der Waals surface area contributed by atoms with E-state index in [-0.39, 0.29) is 0 Å². The molecule has 1 heterocycles. The number of rotatable bonds is 4. The van der Waals surface area contributed by atoms with E-state index in [2.05, 4.69) is 25.7 Å². The maximum Gasteiger partial charge on any atom is 0.00152 e. The number of hydrogen-bond acceptors (Lipinski definition) is 2. The zero-order chi connectivity index (χ0) is 10.6. The predicted molar refractivity (Wildman–Crippen MR) is 62.3 cm³/mol. The van der Waals surface area contributed by atoms with Gasteiger partial charge < -0.3 is 10.6 Å². The van der Waals surface area contributed by atoms with Crippen LogP contribution in [0.3, 0.4) is 0 Å². The van der Waals surface area contributed by atoms with Crippen LogP contribution in [0.5, 0.6) is 0 Å². The van der Waals surface area contributed by atoms with Gasteiger partial charge in [-0.3, -0.25) is 0 Å². The van der Waals surface area contributed by atoms with Crippen molar-refractivity contribution >= 4 is 0 Å². The van der Waals surface area contributed by atoms with Gasteiger partial charge in [-0.2, -0.15) is 0 Å². The molecule has 1 unspecified atom stereocenters. The van der Waals surface area contributed by atoms with Gasteiger partial charge in [0.2, 0.25) is 0 Å². The van der Waals surface area contributed by atoms with Crippen LogP contribution in [0.25, 0.3) is 0 Å². The summed E-state index contributed by atoms with van der Waals surface area (Å²) in [4.78, 5) is 2.60. The Balaban J connectivity index is 2.49. The summed E-state index contributed by atoms with van der Waals surface area (Å²) in [6.07, 6.45) is 3.79. The molecule has 1 rings (SSSR count). The molecule has 0 bridgehead atoms. The van der Waals surface area contributed by atoms with E-state index in [1.165, 1.54) is 38.9 Å². The summed E-state index contributed by atoms with van der Waals surface area (Å²) in [5.41, 5.74) is 6.18. The van der Waals surface area contributed by atoms with Crippen molar-refractivity contribution in [2.45, 2.75) is 40.0 Å². The molecule has 14 heavy (non-hydrogen) atoms. The van der Waals surface area contributed by atoms with E-state index in [0.29, 0.717) is 5.41 Å². The molecule has 1 saturated heterocycles. The molecular weight excluding hydrogens is 172 g/mol. The second-order valence-corrected chi connectivity index (χ2v) is 5.31. The first-order valence-corrected chi connectivity index (χ1v) is 6.02. The maximum absolute atomic E-state index is 5.68. The Morgan fingerprint density at radius 1 is 1.43 bits per heavy atom. The molecule has 1 atom stereocenters. The summed E-state index contributed by atoms with van der Waals surface area (Å²) in [6.45, 7) is 11.7. The zero-order valence-corrected chi connectivity index (χ0v) is 10.1. The third-order valence-electron chi connectivity index (χ3n) is 3.71. The summed E-state index contributed by atoms with van der Waals surface area (Å²) < 4.78 is 0. The lowest BCUT2D eigenvalue weighted by molar-refractivity contribution is 0.0565. The molecule has 84 valence electrons. The lowest BCUT2D eigenvalue weighted by Crippen LogP contribution is -2.45. The van der Waals surface area contributed by atoms with Gasteiger partial charge in [-0.05, 0) is 50.2 Å². The highest BCUT2D eigenvalue weighted by molar-refractivity contribution is 4.86. The van der Waals surface area contributed by atoms with Gasteiger partial charge in [-0.25, -0.2) is 0 Å². The van der Waals surface area contributed by atoms with Gasteiger partial charge in [0, 0.05) is 6.54 Å². The topological polar surface area (TPSA) is 29.3 Å². The van der Waals surface area contributed by atoms with E-state index in [1.54, 1.807) is 0 Å². The summed E-state index contributed by atoms with van der Waals surface area (Å²) in [5.74, 6) is 0.799. The SMILES string of the molecule is CCCN1CCC(C)(C)C(CCN)C1. The molecule has 0 amide bonds. The van der Waals surface area contributed by atoms with Crippen molar-refractivity contribution in [3.63, 3.8) is 0 Å². The highest BCUT2D eigenvalue weighted by Gasteiger charge is 2.34. The van der Waals surface area contributed by atoms with Gasteiger partial charge in [-0.15, -0.1) is 0 Å². The van der Waals surface area contributed by atoms with E-state index >= 15 is 0 Å². The molecule has 2 heteroatoms. The maximum atomic E-state index is 5.68. The minimum atomic E-state index is 0.504. The smallest absolute Gasteiger partial charge is 0.00152 e. The Morgan fingerprint density at radius 3 is 2.71 bits per heavy atom. The van der Waals surface area contributed by atoms with Crippen LogP contribution in [-0.4, -0.2) is 31.1 Å². The number of piperidine rings is 1. The molecule has 0 radical (unpaired) electrons. The molecule has 2 N–H and O–H groups in total. The third kappa shape index (κ3) is 2.96. The van der Waals surface area contributed by atoms with Crippen molar-refractivity contribution < 1.29 is 0 Å². The van der Waals surface area contributed by atoms with Crippen LogP contribution in [0.15, 0.2) is 0 Å². The number of nitrogens with two attached hydrogens (primary N) is 1. The van der Waals surface area contributed by atoms with Gasteiger partial charge in [-0.1, -0.05) is 20.8 Å². The fourth-order valence-electron chi connectivity index (χ4n) is 2.50. The quantitative estimate of drug-likeness (QED) is 0.749. The molecule has 0 saturated carbocycles. The summed E-state index contributed by atoms with van der Waals surface area (Å²) in [7, 11) is 0. The number of nitrogens with zero attached hydrogens (tertiary/aromatic N) is 1. The molecule has 0 aromatic rings. The third-order valence-corrected chi connectivity index (χ3v) is 3.71. The van der Waals surface area contributed by atoms with Gasteiger partial charge in [0.1, 0.15) is 0 Å². The standard InChI is InChI=1S/C12H26N2/c1-4-8-14-9-6-12(2,3)11(10-14)5-7-13/h11H,4-10,13H2,1-3H3. The van der Waals surface area contributed by atoms with Crippen molar-refractivity contribution in [2.75, 3.05) is 26.2 Å². The molecule has 1 fully saturated rings. The van der Waals surface area contributed by atoms with E-state index in [1.807, 2.05) is 0 Å². The van der Waals surface area contributed by atoms with Crippen molar-refractivity contribution in [2.24, 2.45) is 17.1 Å². The highest BCUT2D eigenvalue weighted by atomic mass is 15.1. The fraction of sp³-hybridized carbons (Fsp3) is 1.00. The van der Waals surface area contributed by atoms with Gasteiger partial charge in [0.05, 0.1) is 0 Å². The summed E-state index contributed by atoms with van der Waals surface area (Å²) >= 11 is 0. The largest absolute Gasteiger partial charge is 0.330 e. The Kier molecular flexibility index (Phi) is 4.39. The van der Waals surface area contributed by atoms with Gasteiger partial charge >= 0.3 is 0 Å². The van der Waals surface area contributed by atoms with Crippen LogP contribution in [0.1, 0.15) is 40.0 Å². The van der Waals surface area contributed by atoms with Gasteiger partial charge in [0.25, 0.3) is 0 Å². The van der Waals surface area contributed by atoms with Crippen molar-refractivity contribution in [3.8, 4) is 0 Å². The Bertz CT molecular complexity index is 166. The van der Waals surface area contributed by atoms with Crippen molar-refractivity contribution in [1.29, 1.82) is 0 Å². The van der Waals surface area contributed by atoms with Crippen molar-refractivity contribution in [3.05, 3.63) is 0 Å². The van der Waals surface area contributed by atoms with E-state index < -0.39 is 0 Å². The Hall–Kier alpha value is -0.0800. The summed E-state index contributed by atoms with van der Waals surface area (Å²) in [6, 6.07) is 0. The van der Waals surface area contributed by atoms with Crippen LogP contribution in [-0.2, 0) is 0 Å². The minimum Gasteiger partial charge on any atom is -0.330 e. The van der Waals surface area contributed by atoms with E-state index in [0.717, 1.165) is 12.5 Å². The van der Waals surface area contributed by atoms with Crippen LogP contribution in [0.2, 0.25) is 0 Å². The monoisotopic (exact) mass is 198 g/mol. The van der Waals surface area contributed by atoms with E-state index in [4.69, 9.17) is 5.73 Å². The molecule has 1 aliphatic heterocycles. The first-order valence-electron chi connectivity index (χ1n) is 6.02. The number of likely N-dealkylation sites (tertiary alicyclic amines) is 1. The lowest BCUT2D eigenvalue weighted by atomic mass is 9.72. The second kappa shape index (κ2) is 5.13. The Morgan fingerprint density at radius 2 is 2.14 bits per heavy atom. The highest BCUT2D eigenvalue weighted by Crippen LogP contribution is 2.37. The average molecular weight is 198 g/mol. The molecular formula is C12H26N2. The van der Waals surface area contributed by atoms with E-state index in [9.17, 15) is 0 Å². The average Bonchev–Trinajstić information content (AvgIpc) is 2.12. The lowest BCUT2D eigenvalue weighted by Gasteiger charge is -2.44. The van der Waals surface area contributed by atoms with Crippen LogP contribution in [0, 0.1) is 11.3 Å². The first-order chi connectivity index (χ1) is 6.60. The molecule has 0 spiro atoms. The number of hydrogen-bond donors (Lipinski definition) is 1. The normalized spacial score (nSPS) is 27.9. The minimum absolute atomic E-state index is 0.504. The van der Waals surface area contributed by atoms with Gasteiger partial charge in [0.15, 0.2) is 0 Å². The molecule has 0 aromatic heterocycles. The molecule has 0 aliphatic carbocycles. The summed E-state index contributed by atoms with van der Waals surface area (Å²) in [5, 5.41) is 0. The first kappa shape index (κ1) is 12.0.